The van der Waals surface area contributed by atoms with Crippen LogP contribution >= 0.6 is 0 Å². The standard InChI is InChI=1S/C5H10O5S/c1-3-11(7,8)10-4-9-5(2)6/h3-4H2,1-2H3. The van der Waals surface area contributed by atoms with E-state index in [-0.39, 0.29) is 5.75 Å². The van der Waals surface area contributed by atoms with Gasteiger partial charge in [-0.05, 0) is 6.92 Å². The second kappa shape index (κ2) is 4.30. The van der Waals surface area contributed by atoms with E-state index in [0.717, 1.165) is 0 Å². The van der Waals surface area contributed by atoms with Gasteiger partial charge in [0.2, 0.25) is 6.79 Å². The molecule has 0 amide bonds. The summed E-state index contributed by atoms with van der Waals surface area (Å²) in [7, 11) is -3.49. The van der Waals surface area contributed by atoms with Crippen LogP contribution in [0.25, 0.3) is 0 Å². The molecule has 0 aliphatic rings. The largest absolute Gasteiger partial charge is 0.437 e. The second-order valence-corrected chi connectivity index (χ2v) is 3.65. The minimum absolute atomic E-state index is 0.131. The average Bonchev–Trinajstić information content (AvgIpc) is 1.87. The average molecular weight is 182 g/mol. The van der Waals surface area contributed by atoms with Crippen LogP contribution in [0, 0.1) is 0 Å². The predicted molar refractivity (Wildman–Crippen MR) is 37.2 cm³/mol. The molecule has 66 valence electrons. The van der Waals surface area contributed by atoms with Crippen LogP contribution in [-0.4, -0.2) is 26.9 Å². The van der Waals surface area contributed by atoms with E-state index in [0.29, 0.717) is 0 Å². The summed E-state index contributed by atoms with van der Waals surface area (Å²) in [5.41, 5.74) is 0. The zero-order chi connectivity index (χ0) is 8.91. The minimum atomic E-state index is -3.49. The number of hydrogen-bond donors (Lipinski definition) is 0. The van der Waals surface area contributed by atoms with Crippen molar-refractivity contribution in [3.05, 3.63) is 0 Å². The molecular weight excluding hydrogens is 172 g/mol. The Kier molecular flexibility index (Phi) is 4.06. The normalized spacial score (nSPS) is 11.1. The highest BCUT2D eigenvalue weighted by Gasteiger charge is 2.06. The van der Waals surface area contributed by atoms with Crippen LogP contribution < -0.4 is 0 Å². The molecule has 0 aliphatic heterocycles. The molecule has 6 heteroatoms. The molecule has 5 nitrogen and oxygen atoms in total. The molecule has 0 radical (unpaired) electrons. The number of hydrogen-bond acceptors (Lipinski definition) is 5. The molecule has 0 N–H and O–H groups in total. The molecule has 11 heavy (non-hydrogen) atoms. The van der Waals surface area contributed by atoms with Crippen molar-refractivity contribution >= 4 is 16.1 Å². The monoisotopic (exact) mass is 182 g/mol. The first-order valence-electron chi connectivity index (χ1n) is 2.98. The molecule has 0 saturated heterocycles. The molecule has 0 bridgehead atoms. The second-order valence-electron chi connectivity index (χ2n) is 1.72. The Balaban J connectivity index is 3.63. The topological polar surface area (TPSA) is 69.7 Å². The van der Waals surface area contributed by atoms with E-state index >= 15 is 0 Å². The fourth-order valence-corrected chi connectivity index (χ4v) is 0.625. The van der Waals surface area contributed by atoms with Crippen molar-refractivity contribution in [1.82, 2.24) is 0 Å². The van der Waals surface area contributed by atoms with E-state index in [9.17, 15) is 13.2 Å². The summed E-state index contributed by atoms with van der Waals surface area (Å²) in [6.07, 6.45) is 0. The first-order chi connectivity index (χ1) is 4.98. The van der Waals surface area contributed by atoms with Crippen molar-refractivity contribution in [3.8, 4) is 0 Å². The Morgan fingerprint density at radius 2 is 2.00 bits per heavy atom. The van der Waals surface area contributed by atoms with Gasteiger partial charge in [0.1, 0.15) is 0 Å². The summed E-state index contributed by atoms with van der Waals surface area (Å²) in [6.45, 7) is 2.07. The van der Waals surface area contributed by atoms with Gasteiger partial charge in [0.05, 0.1) is 5.75 Å². The van der Waals surface area contributed by atoms with Crippen molar-refractivity contribution in [2.75, 3.05) is 12.5 Å². The van der Waals surface area contributed by atoms with Crippen LogP contribution in [-0.2, 0) is 23.8 Å². The number of ether oxygens (including phenoxy) is 1. The molecule has 0 spiro atoms. The van der Waals surface area contributed by atoms with E-state index in [1.165, 1.54) is 13.8 Å². The van der Waals surface area contributed by atoms with E-state index in [4.69, 9.17) is 0 Å². The summed E-state index contributed by atoms with van der Waals surface area (Å²) >= 11 is 0. The van der Waals surface area contributed by atoms with Crippen LogP contribution in [0.5, 0.6) is 0 Å². The molecule has 0 unspecified atom stereocenters. The third-order valence-corrected chi connectivity index (χ3v) is 2.01. The SMILES string of the molecule is CCS(=O)(=O)OCOC(C)=O. The molecule has 0 heterocycles. The smallest absolute Gasteiger partial charge is 0.304 e. The number of carbonyl (C=O) groups excluding carboxylic acids is 1. The summed E-state index contributed by atoms with van der Waals surface area (Å²) in [4.78, 5) is 10.1. The molecule has 0 atom stereocenters. The predicted octanol–water partition coefficient (Wildman–Crippen LogP) is -0.127. The lowest BCUT2D eigenvalue weighted by atomic mass is 10.8. The van der Waals surface area contributed by atoms with Crippen LogP contribution in [0.15, 0.2) is 0 Å². The summed E-state index contributed by atoms with van der Waals surface area (Å²) < 4.78 is 29.6. The van der Waals surface area contributed by atoms with Gasteiger partial charge in [-0.2, -0.15) is 8.42 Å². The first kappa shape index (κ1) is 10.4. The molecule has 0 aromatic carbocycles. The highest BCUT2D eigenvalue weighted by atomic mass is 32.2. The fourth-order valence-electron chi connectivity index (χ4n) is 0.264. The van der Waals surface area contributed by atoms with E-state index < -0.39 is 22.9 Å². The third-order valence-electron chi connectivity index (χ3n) is 0.843. The van der Waals surface area contributed by atoms with Gasteiger partial charge in [0.25, 0.3) is 10.1 Å². The molecule has 0 aliphatic carbocycles. The maximum absolute atomic E-state index is 10.6. The first-order valence-corrected chi connectivity index (χ1v) is 4.56. The molecular formula is C5H10O5S. The lowest BCUT2D eigenvalue weighted by Crippen LogP contribution is -2.12. The Hall–Kier alpha value is -0.620. The van der Waals surface area contributed by atoms with Gasteiger partial charge in [0, 0.05) is 6.92 Å². The van der Waals surface area contributed by atoms with Gasteiger partial charge < -0.3 is 4.74 Å². The van der Waals surface area contributed by atoms with E-state index in [2.05, 4.69) is 8.92 Å². The number of carbonyl (C=O) groups is 1. The maximum Gasteiger partial charge on any atom is 0.304 e. The Bertz CT molecular complexity index is 217. The Morgan fingerprint density at radius 3 is 2.36 bits per heavy atom. The molecule has 0 aromatic rings. The third kappa shape index (κ3) is 5.81. The van der Waals surface area contributed by atoms with Crippen molar-refractivity contribution in [3.63, 3.8) is 0 Å². The van der Waals surface area contributed by atoms with Crippen LogP contribution in [0.1, 0.15) is 13.8 Å². The summed E-state index contributed by atoms with van der Waals surface area (Å²) in [5, 5.41) is 0. The fraction of sp³-hybridized carbons (Fsp3) is 0.800. The summed E-state index contributed by atoms with van der Waals surface area (Å²) in [6, 6.07) is 0. The summed E-state index contributed by atoms with van der Waals surface area (Å²) in [5.74, 6) is -0.704. The van der Waals surface area contributed by atoms with Crippen molar-refractivity contribution in [2.24, 2.45) is 0 Å². The van der Waals surface area contributed by atoms with Gasteiger partial charge in [-0.15, -0.1) is 0 Å². The van der Waals surface area contributed by atoms with Crippen molar-refractivity contribution in [1.29, 1.82) is 0 Å². The molecule has 0 rings (SSSR count). The zero-order valence-corrected chi connectivity index (χ0v) is 7.18. The molecule has 0 aromatic heterocycles. The highest BCUT2D eigenvalue weighted by Crippen LogP contribution is 1.92. The quantitative estimate of drug-likeness (QED) is 0.344. The van der Waals surface area contributed by atoms with Crippen LogP contribution in [0.4, 0.5) is 0 Å². The zero-order valence-electron chi connectivity index (χ0n) is 6.36. The van der Waals surface area contributed by atoms with E-state index in [1.54, 1.807) is 0 Å². The van der Waals surface area contributed by atoms with Gasteiger partial charge in [0.15, 0.2) is 0 Å². The number of esters is 1. The number of rotatable bonds is 4. The van der Waals surface area contributed by atoms with E-state index in [1.807, 2.05) is 0 Å². The van der Waals surface area contributed by atoms with Crippen LogP contribution in [0.2, 0.25) is 0 Å². The van der Waals surface area contributed by atoms with Gasteiger partial charge >= 0.3 is 5.97 Å². The minimum Gasteiger partial charge on any atom is -0.437 e. The molecule has 0 fully saturated rings. The lowest BCUT2D eigenvalue weighted by molar-refractivity contribution is -0.147. The van der Waals surface area contributed by atoms with Crippen LogP contribution in [0.3, 0.4) is 0 Å². The van der Waals surface area contributed by atoms with Gasteiger partial charge in [-0.1, -0.05) is 0 Å². The highest BCUT2D eigenvalue weighted by molar-refractivity contribution is 7.86. The van der Waals surface area contributed by atoms with Crippen molar-refractivity contribution in [2.45, 2.75) is 13.8 Å². The maximum atomic E-state index is 10.6. The van der Waals surface area contributed by atoms with Crippen molar-refractivity contribution < 1.29 is 22.1 Å². The van der Waals surface area contributed by atoms with Gasteiger partial charge in [-0.25, -0.2) is 4.18 Å². The van der Waals surface area contributed by atoms with Gasteiger partial charge in [-0.3, -0.25) is 4.79 Å². The lowest BCUT2D eigenvalue weighted by Gasteiger charge is -2.01. The molecule has 0 saturated carbocycles. The Labute approximate surface area is 65.4 Å². The Morgan fingerprint density at radius 1 is 1.45 bits per heavy atom.